The zero-order valence-corrected chi connectivity index (χ0v) is 10.3. The number of carboxylic acid groups (broad SMARTS) is 1. The van der Waals surface area contributed by atoms with Crippen molar-refractivity contribution in [2.75, 3.05) is 0 Å². The van der Waals surface area contributed by atoms with Crippen LogP contribution in [0.5, 0.6) is 0 Å². The molecule has 1 heterocycles. The van der Waals surface area contributed by atoms with E-state index in [4.69, 9.17) is 9.52 Å². The number of carbonyl (C=O) groups excluding carboxylic acids is 1. The summed E-state index contributed by atoms with van der Waals surface area (Å²) in [5.41, 5.74) is 1.47. The molecule has 0 radical (unpaired) electrons. The molecule has 2 rings (SSSR count). The zero-order chi connectivity index (χ0) is 13.8. The lowest BCUT2D eigenvalue weighted by Crippen LogP contribution is -1.90. The fourth-order valence-corrected chi connectivity index (χ4v) is 1.62. The molecule has 0 aliphatic heterocycles. The second kappa shape index (κ2) is 5.35. The van der Waals surface area contributed by atoms with Crippen molar-refractivity contribution in [2.45, 2.75) is 6.92 Å². The maximum atomic E-state index is 11.2. The smallest absolute Gasteiger partial charge is 0.328 e. The van der Waals surface area contributed by atoms with Crippen LogP contribution < -0.4 is 0 Å². The van der Waals surface area contributed by atoms with E-state index in [2.05, 4.69) is 0 Å². The normalized spacial score (nSPS) is 10.8. The van der Waals surface area contributed by atoms with Gasteiger partial charge in [-0.05, 0) is 25.1 Å². The van der Waals surface area contributed by atoms with E-state index in [0.29, 0.717) is 17.1 Å². The molecule has 2 aromatic rings. The van der Waals surface area contributed by atoms with Crippen molar-refractivity contribution in [1.82, 2.24) is 0 Å². The van der Waals surface area contributed by atoms with Crippen molar-refractivity contribution in [1.29, 1.82) is 0 Å². The Bertz CT molecular complexity index is 632. The Morgan fingerprint density at radius 3 is 2.37 bits per heavy atom. The fraction of sp³-hybridized carbons (Fsp3) is 0.0667. The van der Waals surface area contributed by atoms with E-state index in [9.17, 15) is 9.59 Å². The molecule has 0 saturated carbocycles. The van der Waals surface area contributed by atoms with Crippen molar-refractivity contribution in [3.05, 3.63) is 53.8 Å². The number of rotatable bonds is 4. The number of benzene rings is 1. The highest BCUT2D eigenvalue weighted by atomic mass is 16.4. The van der Waals surface area contributed by atoms with Crippen LogP contribution in [-0.4, -0.2) is 16.9 Å². The lowest BCUT2D eigenvalue weighted by atomic mass is 10.1. The highest BCUT2D eigenvalue weighted by Crippen LogP contribution is 2.23. The van der Waals surface area contributed by atoms with Gasteiger partial charge in [0.25, 0.3) is 0 Å². The van der Waals surface area contributed by atoms with E-state index in [1.807, 2.05) is 0 Å². The number of carbonyl (C=O) groups is 2. The number of hydrogen-bond donors (Lipinski definition) is 1. The van der Waals surface area contributed by atoms with E-state index >= 15 is 0 Å². The molecule has 1 N–H and O–H groups in total. The summed E-state index contributed by atoms with van der Waals surface area (Å²) in [4.78, 5) is 21.5. The number of hydrogen-bond acceptors (Lipinski definition) is 3. The Hall–Kier alpha value is -2.62. The van der Waals surface area contributed by atoms with Crippen molar-refractivity contribution in [3.8, 4) is 11.3 Å². The average molecular weight is 256 g/mol. The first-order valence-electron chi connectivity index (χ1n) is 5.68. The molecule has 4 nitrogen and oxygen atoms in total. The monoisotopic (exact) mass is 256 g/mol. The molecule has 0 bridgehead atoms. The van der Waals surface area contributed by atoms with Gasteiger partial charge in [0.05, 0.1) is 0 Å². The molecule has 4 heteroatoms. The fourth-order valence-electron chi connectivity index (χ4n) is 1.62. The second-order valence-corrected chi connectivity index (χ2v) is 4.01. The molecule has 0 spiro atoms. The first-order chi connectivity index (χ1) is 9.06. The maximum Gasteiger partial charge on any atom is 0.328 e. The molecule has 0 aliphatic carbocycles. The molecule has 0 amide bonds. The SMILES string of the molecule is CC(=O)c1ccc(-c2ccc(/C=C/C(=O)O)o2)cc1. The Morgan fingerprint density at radius 1 is 1.11 bits per heavy atom. The van der Waals surface area contributed by atoms with E-state index < -0.39 is 5.97 Å². The quantitative estimate of drug-likeness (QED) is 0.673. The largest absolute Gasteiger partial charge is 0.478 e. The van der Waals surface area contributed by atoms with Crippen LogP contribution in [0.3, 0.4) is 0 Å². The number of ketones is 1. The van der Waals surface area contributed by atoms with E-state index in [0.717, 1.165) is 11.6 Å². The van der Waals surface area contributed by atoms with Crippen LogP contribution in [0.15, 0.2) is 46.9 Å². The summed E-state index contributed by atoms with van der Waals surface area (Å²) >= 11 is 0. The van der Waals surface area contributed by atoms with Crippen LogP contribution in [0.25, 0.3) is 17.4 Å². The van der Waals surface area contributed by atoms with Gasteiger partial charge in [0, 0.05) is 17.2 Å². The molecule has 1 aromatic carbocycles. The standard InChI is InChI=1S/C15H12O4/c1-10(16)11-2-4-12(5-3-11)14-8-6-13(19-14)7-9-15(17)18/h2-9H,1H3,(H,17,18)/b9-7+. The van der Waals surface area contributed by atoms with Crippen LogP contribution in [0.2, 0.25) is 0 Å². The molecule has 96 valence electrons. The van der Waals surface area contributed by atoms with Crippen molar-refractivity contribution < 1.29 is 19.1 Å². The lowest BCUT2D eigenvalue weighted by Gasteiger charge is -1.98. The minimum atomic E-state index is -1.02. The molecule has 19 heavy (non-hydrogen) atoms. The van der Waals surface area contributed by atoms with Gasteiger partial charge in [0.1, 0.15) is 11.5 Å². The zero-order valence-electron chi connectivity index (χ0n) is 10.3. The molecular weight excluding hydrogens is 244 g/mol. The Morgan fingerprint density at radius 2 is 1.79 bits per heavy atom. The van der Waals surface area contributed by atoms with Gasteiger partial charge in [-0.2, -0.15) is 0 Å². The summed E-state index contributed by atoms with van der Waals surface area (Å²) in [6.45, 7) is 1.51. The van der Waals surface area contributed by atoms with Gasteiger partial charge in [-0.1, -0.05) is 24.3 Å². The van der Waals surface area contributed by atoms with E-state index in [-0.39, 0.29) is 5.78 Å². The predicted octanol–water partition coefficient (Wildman–Crippen LogP) is 3.25. The van der Waals surface area contributed by atoms with Crippen LogP contribution in [-0.2, 0) is 4.79 Å². The van der Waals surface area contributed by atoms with Crippen LogP contribution in [0.1, 0.15) is 23.0 Å². The molecule has 0 unspecified atom stereocenters. The van der Waals surface area contributed by atoms with Gasteiger partial charge >= 0.3 is 5.97 Å². The first-order valence-corrected chi connectivity index (χ1v) is 5.68. The predicted molar refractivity (Wildman–Crippen MR) is 70.8 cm³/mol. The van der Waals surface area contributed by atoms with Crippen LogP contribution in [0, 0.1) is 0 Å². The van der Waals surface area contributed by atoms with Crippen LogP contribution in [0.4, 0.5) is 0 Å². The lowest BCUT2D eigenvalue weighted by molar-refractivity contribution is -0.131. The number of carboxylic acids is 1. The Labute approximate surface area is 110 Å². The summed E-state index contributed by atoms with van der Waals surface area (Å²) in [7, 11) is 0. The number of furan rings is 1. The summed E-state index contributed by atoms with van der Waals surface area (Å²) < 4.78 is 5.49. The van der Waals surface area contributed by atoms with Crippen molar-refractivity contribution in [3.63, 3.8) is 0 Å². The molecule has 0 fully saturated rings. The van der Waals surface area contributed by atoms with Crippen LogP contribution >= 0.6 is 0 Å². The third-order valence-electron chi connectivity index (χ3n) is 2.59. The van der Waals surface area contributed by atoms with Crippen molar-refractivity contribution in [2.24, 2.45) is 0 Å². The molecule has 0 atom stereocenters. The highest BCUT2D eigenvalue weighted by molar-refractivity contribution is 5.94. The molecule has 1 aromatic heterocycles. The number of Topliss-reactive ketones (excluding diaryl/α,β-unsaturated/α-hetero) is 1. The first kappa shape index (κ1) is 12.8. The van der Waals surface area contributed by atoms with Gasteiger partial charge < -0.3 is 9.52 Å². The van der Waals surface area contributed by atoms with Gasteiger partial charge in [0.2, 0.25) is 0 Å². The van der Waals surface area contributed by atoms with Gasteiger partial charge in [-0.25, -0.2) is 4.79 Å². The molecular formula is C15H12O4. The minimum absolute atomic E-state index is 0.0103. The third-order valence-corrected chi connectivity index (χ3v) is 2.59. The van der Waals surface area contributed by atoms with E-state index in [1.165, 1.54) is 13.0 Å². The third kappa shape index (κ3) is 3.19. The number of aliphatic carboxylic acids is 1. The van der Waals surface area contributed by atoms with Gasteiger partial charge in [-0.15, -0.1) is 0 Å². The summed E-state index contributed by atoms with van der Waals surface area (Å²) in [5.74, 6) is 0.0769. The summed E-state index contributed by atoms with van der Waals surface area (Å²) in [5, 5.41) is 8.52. The van der Waals surface area contributed by atoms with Crippen molar-refractivity contribution >= 4 is 17.8 Å². The average Bonchev–Trinajstić information content (AvgIpc) is 2.85. The van der Waals surface area contributed by atoms with Gasteiger partial charge in [-0.3, -0.25) is 4.79 Å². The van der Waals surface area contributed by atoms with E-state index in [1.54, 1.807) is 36.4 Å². The summed E-state index contributed by atoms with van der Waals surface area (Å²) in [6.07, 6.45) is 2.40. The second-order valence-electron chi connectivity index (χ2n) is 4.01. The minimum Gasteiger partial charge on any atom is -0.478 e. The highest BCUT2D eigenvalue weighted by Gasteiger charge is 2.05. The molecule has 0 saturated heterocycles. The van der Waals surface area contributed by atoms with Gasteiger partial charge in [0.15, 0.2) is 5.78 Å². The Kier molecular flexibility index (Phi) is 3.61. The Balaban J connectivity index is 2.23. The molecule has 0 aliphatic rings. The maximum absolute atomic E-state index is 11.2. The summed E-state index contributed by atoms with van der Waals surface area (Å²) in [6, 6.07) is 10.5. The topological polar surface area (TPSA) is 67.5 Å².